The van der Waals surface area contributed by atoms with Crippen LogP contribution in [0.15, 0.2) is 101 Å². The zero-order valence-corrected chi connectivity index (χ0v) is 25.8. The summed E-state index contributed by atoms with van der Waals surface area (Å²) in [7, 11) is 1.28. The number of carbonyl (C=O) groups excluding carboxylic acids is 2. The van der Waals surface area contributed by atoms with Crippen LogP contribution in [0.3, 0.4) is 0 Å². The van der Waals surface area contributed by atoms with Gasteiger partial charge in [-0.15, -0.1) is 0 Å². The molecule has 0 saturated carbocycles. The summed E-state index contributed by atoms with van der Waals surface area (Å²) < 4.78 is 22.4. The third kappa shape index (κ3) is 7.93. The molecule has 11 nitrogen and oxygen atoms in total. The first-order valence-electron chi connectivity index (χ1n) is 14.8. The van der Waals surface area contributed by atoms with Gasteiger partial charge in [0.1, 0.15) is 19.0 Å². The van der Waals surface area contributed by atoms with E-state index in [0.29, 0.717) is 36.0 Å². The molecule has 0 aliphatic carbocycles. The molecule has 0 bridgehead atoms. The van der Waals surface area contributed by atoms with E-state index in [2.05, 4.69) is 51.5 Å². The van der Waals surface area contributed by atoms with E-state index in [0.717, 1.165) is 16.9 Å². The first kappa shape index (κ1) is 31.9. The normalized spacial score (nSPS) is 15.2. The maximum atomic E-state index is 12.4. The molecule has 0 radical (unpaired) electrons. The zero-order valence-electron chi connectivity index (χ0n) is 25.8. The van der Waals surface area contributed by atoms with Crippen molar-refractivity contribution < 1.29 is 33.6 Å². The lowest BCUT2D eigenvalue weighted by atomic mass is 9.95. The van der Waals surface area contributed by atoms with Crippen LogP contribution in [0.2, 0.25) is 0 Å². The van der Waals surface area contributed by atoms with Crippen LogP contribution in [0.5, 0.6) is 17.2 Å². The number of hydrogen-bond acceptors (Lipinski definition) is 9. The molecule has 2 amide bonds. The van der Waals surface area contributed by atoms with E-state index < -0.39 is 24.3 Å². The average Bonchev–Trinajstić information content (AvgIpc) is 3.06. The van der Waals surface area contributed by atoms with E-state index in [9.17, 15) is 14.7 Å². The Bertz CT molecular complexity index is 1750. The largest absolute Gasteiger partial charge is 0.490 e. The summed E-state index contributed by atoms with van der Waals surface area (Å²) in [4.78, 5) is 24.6. The first-order valence-corrected chi connectivity index (χ1v) is 14.8. The molecule has 46 heavy (non-hydrogen) atoms. The Labute approximate surface area is 266 Å². The van der Waals surface area contributed by atoms with Gasteiger partial charge in [0.05, 0.1) is 31.5 Å². The molecule has 0 fully saturated rings. The van der Waals surface area contributed by atoms with E-state index in [1.807, 2.05) is 43.3 Å². The minimum Gasteiger partial charge on any atom is -0.490 e. The third-order valence-electron chi connectivity index (χ3n) is 7.21. The SMILES string of the molecule is CCOc1cc([C@@H]2NC(=O)NC(C)=C2C(=O)OC)ccc1OC[C@H](O)N/N=C\c1ccc(OCc2ccc3ccccc3c2)cc1. The maximum absolute atomic E-state index is 12.4. The number of benzene rings is 4. The predicted molar refractivity (Wildman–Crippen MR) is 174 cm³/mol. The number of allylic oxidation sites excluding steroid dienone is 1. The molecular weight excluding hydrogens is 588 g/mol. The Morgan fingerprint density at radius 2 is 1.76 bits per heavy atom. The second-order valence-electron chi connectivity index (χ2n) is 10.5. The topological polar surface area (TPSA) is 140 Å². The highest BCUT2D eigenvalue weighted by Crippen LogP contribution is 2.35. The fourth-order valence-corrected chi connectivity index (χ4v) is 4.97. The van der Waals surface area contributed by atoms with Crippen LogP contribution in [-0.4, -0.2) is 49.9 Å². The van der Waals surface area contributed by atoms with Crippen molar-refractivity contribution in [3.63, 3.8) is 0 Å². The van der Waals surface area contributed by atoms with Crippen molar-refractivity contribution >= 4 is 29.0 Å². The Balaban J connectivity index is 1.14. The number of carbonyl (C=O) groups is 2. The average molecular weight is 625 g/mol. The smallest absolute Gasteiger partial charge is 0.337 e. The van der Waals surface area contributed by atoms with Crippen LogP contribution in [0.25, 0.3) is 10.8 Å². The number of ether oxygens (including phenoxy) is 4. The molecule has 1 aliphatic rings. The summed E-state index contributed by atoms with van der Waals surface area (Å²) in [5.74, 6) is 0.922. The number of hydrogen-bond donors (Lipinski definition) is 4. The Morgan fingerprint density at radius 3 is 2.52 bits per heavy atom. The molecule has 5 rings (SSSR count). The fraction of sp³-hybridized carbons (Fsp3) is 0.229. The Hall–Kier alpha value is -5.55. The van der Waals surface area contributed by atoms with Gasteiger partial charge in [-0.25, -0.2) is 9.59 Å². The number of urea groups is 1. The number of amides is 2. The predicted octanol–water partition coefficient (Wildman–Crippen LogP) is 4.94. The minimum absolute atomic E-state index is 0.130. The lowest BCUT2D eigenvalue weighted by Gasteiger charge is -2.28. The zero-order chi connectivity index (χ0) is 32.5. The van der Waals surface area contributed by atoms with E-state index in [1.165, 1.54) is 17.9 Å². The standard InChI is InChI=1S/C35H36N4O7/c1-4-44-30-18-27(33-32(34(41)43-3)22(2)37-35(42)38-33)13-16-29(30)46-21-31(40)39-36-19-23-10-14-28(15-11-23)45-20-24-9-12-25-7-5-6-8-26(25)17-24/h5-19,31,33,39-40H,4,20-21H2,1-3H3,(H2,37,38,42)/b36-19-/t31-,33-/m0/s1. The first-order chi connectivity index (χ1) is 22.3. The summed E-state index contributed by atoms with van der Waals surface area (Å²) in [6, 6.07) is 25.8. The Morgan fingerprint density at radius 1 is 0.978 bits per heavy atom. The molecule has 4 aromatic carbocycles. The van der Waals surface area contributed by atoms with E-state index >= 15 is 0 Å². The van der Waals surface area contributed by atoms with Gasteiger partial charge < -0.3 is 34.7 Å². The fourth-order valence-electron chi connectivity index (χ4n) is 4.97. The third-order valence-corrected chi connectivity index (χ3v) is 7.21. The van der Waals surface area contributed by atoms with E-state index in [1.54, 1.807) is 31.3 Å². The lowest BCUT2D eigenvalue weighted by Crippen LogP contribution is -2.45. The van der Waals surface area contributed by atoms with Crippen LogP contribution >= 0.6 is 0 Å². The summed E-state index contributed by atoms with van der Waals surface area (Å²) in [5.41, 5.74) is 5.81. The molecule has 4 aromatic rings. The Kier molecular flexibility index (Phi) is 10.4. The quantitative estimate of drug-likeness (QED) is 0.0710. The van der Waals surface area contributed by atoms with E-state index in [4.69, 9.17) is 18.9 Å². The molecule has 0 unspecified atom stereocenters. The van der Waals surface area contributed by atoms with Crippen molar-refractivity contribution in [1.82, 2.24) is 16.1 Å². The second kappa shape index (κ2) is 15.0. The number of aliphatic hydroxyl groups is 1. The molecule has 11 heteroatoms. The van der Waals surface area contributed by atoms with Gasteiger partial charge in [0.15, 0.2) is 17.7 Å². The molecule has 2 atom stereocenters. The number of nitrogens with zero attached hydrogens (tertiary/aromatic N) is 1. The summed E-state index contributed by atoms with van der Waals surface area (Å²) in [5, 5.41) is 22.2. The molecule has 4 N–H and O–H groups in total. The van der Waals surface area contributed by atoms with Gasteiger partial charge >= 0.3 is 12.0 Å². The summed E-state index contributed by atoms with van der Waals surface area (Å²) >= 11 is 0. The van der Waals surface area contributed by atoms with Gasteiger partial charge in [-0.2, -0.15) is 5.10 Å². The molecule has 0 spiro atoms. The number of rotatable bonds is 13. The van der Waals surface area contributed by atoms with Crippen molar-refractivity contribution in [3.8, 4) is 17.2 Å². The molecular formula is C35H36N4O7. The lowest BCUT2D eigenvalue weighted by molar-refractivity contribution is -0.136. The van der Waals surface area contributed by atoms with Gasteiger partial charge in [0.2, 0.25) is 0 Å². The summed E-state index contributed by atoms with van der Waals surface area (Å²) in [6.45, 7) is 4.12. The van der Waals surface area contributed by atoms with Crippen molar-refractivity contribution in [2.45, 2.75) is 32.7 Å². The number of esters is 1. The molecule has 0 saturated heterocycles. The van der Waals surface area contributed by atoms with Gasteiger partial charge in [0.25, 0.3) is 0 Å². The number of fused-ring (bicyclic) bond motifs is 1. The van der Waals surface area contributed by atoms with Crippen LogP contribution in [-0.2, 0) is 16.1 Å². The highest BCUT2D eigenvalue weighted by Gasteiger charge is 2.32. The molecule has 238 valence electrons. The van der Waals surface area contributed by atoms with Crippen molar-refractivity contribution in [3.05, 3.63) is 113 Å². The minimum atomic E-state index is -1.12. The van der Waals surface area contributed by atoms with Crippen molar-refractivity contribution in [2.75, 3.05) is 20.3 Å². The molecule has 1 aliphatic heterocycles. The number of methoxy groups -OCH3 is 1. The van der Waals surface area contributed by atoms with Crippen LogP contribution in [0, 0.1) is 0 Å². The van der Waals surface area contributed by atoms with Crippen molar-refractivity contribution in [1.29, 1.82) is 0 Å². The second-order valence-corrected chi connectivity index (χ2v) is 10.5. The van der Waals surface area contributed by atoms with Crippen LogP contribution in [0.4, 0.5) is 4.79 Å². The van der Waals surface area contributed by atoms with E-state index in [-0.39, 0.29) is 12.2 Å². The van der Waals surface area contributed by atoms with Gasteiger partial charge in [-0.1, -0.05) is 42.5 Å². The number of hydrazone groups is 1. The highest BCUT2D eigenvalue weighted by atomic mass is 16.5. The van der Waals surface area contributed by atoms with Crippen molar-refractivity contribution in [2.24, 2.45) is 5.10 Å². The maximum Gasteiger partial charge on any atom is 0.337 e. The highest BCUT2D eigenvalue weighted by molar-refractivity contribution is 5.95. The molecule has 0 aromatic heterocycles. The van der Waals surface area contributed by atoms with Gasteiger partial charge in [0, 0.05) is 5.70 Å². The molecule has 1 heterocycles. The monoisotopic (exact) mass is 624 g/mol. The van der Waals surface area contributed by atoms with Crippen LogP contribution < -0.4 is 30.3 Å². The number of aliphatic hydroxyl groups excluding tert-OH is 1. The number of nitrogens with one attached hydrogen (secondary N) is 3. The van der Waals surface area contributed by atoms with Gasteiger partial charge in [-0.05, 0) is 83.8 Å². The van der Waals surface area contributed by atoms with Crippen LogP contribution in [0.1, 0.15) is 36.6 Å². The summed E-state index contributed by atoms with van der Waals surface area (Å²) in [6.07, 6.45) is 0.466. The van der Waals surface area contributed by atoms with Gasteiger partial charge in [-0.3, -0.25) is 5.43 Å².